The smallest absolute Gasteiger partial charge is 0.127 e. The van der Waals surface area contributed by atoms with Gasteiger partial charge in [0.25, 0.3) is 0 Å². The van der Waals surface area contributed by atoms with Crippen molar-refractivity contribution in [1.29, 1.82) is 0 Å². The molecule has 1 aromatic rings. The Labute approximate surface area is 107 Å². The maximum Gasteiger partial charge on any atom is 0.127 e. The lowest BCUT2D eigenvalue weighted by atomic mass is 10.1. The van der Waals surface area contributed by atoms with Gasteiger partial charge in [0, 0.05) is 17.9 Å². The van der Waals surface area contributed by atoms with E-state index in [0.717, 1.165) is 11.7 Å². The van der Waals surface area contributed by atoms with Crippen LogP contribution in [0, 0.1) is 11.7 Å². The lowest BCUT2D eigenvalue weighted by Gasteiger charge is -2.09. The Morgan fingerprint density at radius 1 is 1.29 bits per heavy atom. The quantitative estimate of drug-likeness (QED) is 0.865. The van der Waals surface area contributed by atoms with Crippen molar-refractivity contribution in [1.82, 2.24) is 0 Å². The molecule has 1 aliphatic rings. The van der Waals surface area contributed by atoms with Crippen molar-refractivity contribution >= 4 is 11.8 Å². The van der Waals surface area contributed by atoms with Crippen molar-refractivity contribution in [3.05, 3.63) is 35.1 Å². The minimum absolute atomic E-state index is 0.183. The van der Waals surface area contributed by atoms with Crippen LogP contribution in [-0.4, -0.2) is 5.75 Å². The van der Waals surface area contributed by atoms with E-state index in [-0.39, 0.29) is 12.4 Å². The SMILES string of the molecule is NCc1cc(CSCC2CCCC2)ccc1F. The Hall–Kier alpha value is -0.540. The van der Waals surface area contributed by atoms with Gasteiger partial charge in [0.2, 0.25) is 0 Å². The number of benzene rings is 1. The lowest BCUT2D eigenvalue weighted by Crippen LogP contribution is -2.01. The first-order valence-corrected chi connectivity index (χ1v) is 7.50. The highest BCUT2D eigenvalue weighted by atomic mass is 32.2. The zero-order valence-electron chi connectivity index (χ0n) is 10.1. The number of rotatable bonds is 5. The highest BCUT2D eigenvalue weighted by Gasteiger charge is 2.14. The summed E-state index contributed by atoms with van der Waals surface area (Å²) in [6, 6.07) is 5.31. The average Bonchev–Trinajstić information content (AvgIpc) is 2.84. The molecule has 17 heavy (non-hydrogen) atoms. The first kappa shape index (κ1) is 12.9. The zero-order chi connectivity index (χ0) is 12.1. The Morgan fingerprint density at radius 3 is 2.76 bits per heavy atom. The molecule has 1 aromatic carbocycles. The van der Waals surface area contributed by atoms with Crippen LogP contribution >= 0.6 is 11.8 Å². The van der Waals surface area contributed by atoms with Gasteiger partial charge in [-0.15, -0.1) is 0 Å². The molecular formula is C14H20FNS. The van der Waals surface area contributed by atoms with E-state index in [4.69, 9.17) is 5.73 Å². The minimum atomic E-state index is -0.183. The van der Waals surface area contributed by atoms with Gasteiger partial charge in [-0.05, 0) is 36.1 Å². The number of hydrogen-bond acceptors (Lipinski definition) is 2. The summed E-state index contributed by atoms with van der Waals surface area (Å²) in [5.41, 5.74) is 7.32. The van der Waals surface area contributed by atoms with Gasteiger partial charge in [-0.2, -0.15) is 11.8 Å². The third-order valence-electron chi connectivity index (χ3n) is 3.43. The number of thioether (sulfide) groups is 1. The summed E-state index contributed by atoms with van der Waals surface area (Å²) < 4.78 is 13.3. The molecule has 0 unspecified atom stereocenters. The van der Waals surface area contributed by atoms with E-state index < -0.39 is 0 Å². The van der Waals surface area contributed by atoms with E-state index in [1.165, 1.54) is 43.1 Å². The minimum Gasteiger partial charge on any atom is -0.326 e. The molecule has 0 spiro atoms. The number of hydrogen-bond donors (Lipinski definition) is 1. The van der Waals surface area contributed by atoms with Gasteiger partial charge in [-0.25, -0.2) is 4.39 Å². The molecule has 1 nitrogen and oxygen atoms in total. The summed E-state index contributed by atoms with van der Waals surface area (Å²) in [6.45, 7) is 0.285. The topological polar surface area (TPSA) is 26.0 Å². The molecule has 0 bridgehead atoms. The van der Waals surface area contributed by atoms with Crippen molar-refractivity contribution in [3.63, 3.8) is 0 Å². The summed E-state index contributed by atoms with van der Waals surface area (Å²) in [5.74, 6) is 2.95. The maximum absolute atomic E-state index is 13.3. The van der Waals surface area contributed by atoms with E-state index in [1.54, 1.807) is 0 Å². The Morgan fingerprint density at radius 2 is 2.06 bits per heavy atom. The molecule has 2 rings (SSSR count). The standard InChI is InChI=1S/C14H20FNS/c15-14-6-5-12(7-13(14)8-16)10-17-9-11-3-1-2-4-11/h5-7,11H,1-4,8-10,16H2. The maximum atomic E-state index is 13.3. The average molecular weight is 253 g/mol. The summed E-state index contributed by atoms with van der Waals surface area (Å²) in [7, 11) is 0. The van der Waals surface area contributed by atoms with Crippen LogP contribution < -0.4 is 5.73 Å². The molecule has 1 saturated carbocycles. The molecule has 0 saturated heterocycles. The van der Waals surface area contributed by atoms with E-state index in [9.17, 15) is 4.39 Å². The molecule has 3 heteroatoms. The first-order chi connectivity index (χ1) is 8.29. The molecule has 0 heterocycles. The predicted octanol–water partition coefficient (Wildman–Crippen LogP) is 3.71. The second kappa shape index (κ2) is 6.41. The van der Waals surface area contributed by atoms with Crippen molar-refractivity contribution in [2.45, 2.75) is 38.0 Å². The lowest BCUT2D eigenvalue weighted by molar-refractivity contribution is 0.610. The van der Waals surface area contributed by atoms with Crippen LogP contribution in [-0.2, 0) is 12.3 Å². The Bertz CT molecular complexity index is 361. The van der Waals surface area contributed by atoms with Crippen molar-refractivity contribution in [2.75, 3.05) is 5.75 Å². The third-order valence-corrected chi connectivity index (χ3v) is 4.67. The summed E-state index contributed by atoms with van der Waals surface area (Å²) in [6.07, 6.45) is 5.59. The molecule has 0 atom stereocenters. The highest BCUT2D eigenvalue weighted by molar-refractivity contribution is 7.98. The molecule has 94 valence electrons. The largest absolute Gasteiger partial charge is 0.326 e. The molecule has 1 aliphatic carbocycles. The van der Waals surface area contributed by atoms with E-state index in [0.29, 0.717) is 5.56 Å². The van der Waals surface area contributed by atoms with Crippen LogP contribution in [0.1, 0.15) is 36.8 Å². The van der Waals surface area contributed by atoms with Crippen LogP contribution in [0.4, 0.5) is 4.39 Å². The van der Waals surface area contributed by atoms with Gasteiger partial charge in [0.15, 0.2) is 0 Å². The number of nitrogens with two attached hydrogens (primary N) is 1. The van der Waals surface area contributed by atoms with Crippen LogP contribution in [0.15, 0.2) is 18.2 Å². The second-order valence-corrected chi connectivity index (χ2v) is 5.83. The van der Waals surface area contributed by atoms with Crippen molar-refractivity contribution in [2.24, 2.45) is 11.7 Å². The third kappa shape index (κ3) is 3.71. The molecule has 0 amide bonds. The normalized spacial score (nSPS) is 16.6. The molecular weight excluding hydrogens is 233 g/mol. The second-order valence-electron chi connectivity index (χ2n) is 4.80. The van der Waals surface area contributed by atoms with E-state index in [2.05, 4.69) is 0 Å². The predicted molar refractivity (Wildman–Crippen MR) is 72.4 cm³/mol. The van der Waals surface area contributed by atoms with Gasteiger partial charge in [-0.3, -0.25) is 0 Å². The first-order valence-electron chi connectivity index (χ1n) is 6.34. The van der Waals surface area contributed by atoms with Gasteiger partial charge >= 0.3 is 0 Å². The van der Waals surface area contributed by atoms with Crippen LogP contribution in [0.5, 0.6) is 0 Å². The van der Waals surface area contributed by atoms with Crippen LogP contribution in [0.2, 0.25) is 0 Å². The molecule has 0 aromatic heterocycles. The highest BCUT2D eigenvalue weighted by Crippen LogP contribution is 2.29. The van der Waals surface area contributed by atoms with E-state index >= 15 is 0 Å². The fourth-order valence-electron chi connectivity index (χ4n) is 2.39. The van der Waals surface area contributed by atoms with Crippen LogP contribution in [0.25, 0.3) is 0 Å². The van der Waals surface area contributed by atoms with Gasteiger partial charge in [0.05, 0.1) is 0 Å². The Kier molecular flexibility index (Phi) is 4.86. The van der Waals surface area contributed by atoms with Crippen molar-refractivity contribution < 1.29 is 4.39 Å². The molecule has 0 radical (unpaired) electrons. The summed E-state index contributed by atoms with van der Waals surface area (Å²) in [5, 5.41) is 0. The molecule has 1 fully saturated rings. The zero-order valence-corrected chi connectivity index (χ0v) is 10.9. The monoisotopic (exact) mass is 253 g/mol. The number of halogens is 1. The Balaban J connectivity index is 1.81. The van der Waals surface area contributed by atoms with Gasteiger partial charge in [0.1, 0.15) is 5.82 Å². The fraction of sp³-hybridized carbons (Fsp3) is 0.571. The summed E-state index contributed by atoms with van der Waals surface area (Å²) >= 11 is 1.97. The van der Waals surface area contributed by atoms with E-state index in [1.807, 2.05) is 23.9 Å². The molecule has 2 N–H and O–H groups in total. The van der Waals surface area contributed by atoms with Gasteiger partial charge < -0.3 is 5.73 Å². The molecule has 0 aliphatic heterocycles. The van der Waals surface area contributed by atoms with Gasteiger partial charge in [-0.1, -0.05) is 25.0 Å². The summed E-state index contributed by atoms with van der Waals surface area (Å²) in [4.78, 5) is 0. The fourth-order valence-corrected chi connectivity index (χ4v) is 3.59. The van der Waals surface area contributed by atoms with Crippen LogP contribution in [0.3, 0.4) is 0 Å². The van der Waals surface area contributed by atoms with Crippen molar-refractivity contribution in [3.8, 4) is 0 Å².